The summed E-state index contributed by atoms with van der Waals surface area (Å²) in [5, 5.41) is 0. The van der Waals surface area contributed by atoms with Gasteiger partial charge in [0.1, 0.15) is 0 Å². The Kier molecular flexibility index (Phi) is 5.37. The summed E-state index contributed by atoms with van der Waals surface area (Å²) in [5.41, 5.74) is 0. The summed E-state index contributed by atoms with van der Waals surface area (Å²) in [5.74, 6) is 1.76. The van der Waals surface area contributed by atoms with E-state index in [0.29, 0.717) is 12.5 Å². The van der Waals surface area contributed by atoms with E-state index < -0.39 is 0 Å². The van der Waals surface area contributed by atoms with Gasteiger partial charge in [0.2, 0.25) is 0 Å². The minimum atomic E-state index is 0.0111. The third-order valence-corrected chi connectivity index (χ3v) is 2.50. The number of hydrogen-bond acceptors (Lipinski definition) is 3. The first kappa shape index (κ1) is 9.65. The van der Waals surface area contributed by atoms with Gasteiger partial charge in [-0.1, -0.05) is 0 Å². The van der Waals surface area contributed by atoms with Gasteiger partial charge in [0.15, 0.2) is 6.29 Å². The standard InChI is InChI=1S/C7H13ClO2S/c8-4-2-5-9-7-3-1-6-11-10-7/h7H,1-6H2. The van der Waals surface area contributed by atoms with Gasteiger partial charge >= 0.3 is 0 Å². The van der Waals surface area contributed by atoms with Crippen LogP contribution in [0.4, 0.5) is 0 Å². The monoisotopic (exact) mass is 196 g/mol. The number of rotatable bonds is 4. The summed E-state index contributed by atoms with van der Waals surface area (Å²) in [6.45, 7) is 0.717. The summed E-state index contributed by atoms with van der Waals surface area (Å²) in [6, 6.07) is 0. The molecule has 0 amide bonds. The summed E-state index contributed by atoms with van der Waals surface area (Å²) in [4.78, 5) is 0. The summed E-state index contributed by atoms with van der Waals surface area (Å²) < 4.78 is 10.7. The van der Waals surface area contributed by atoms with Crippen LogP contribution in [0.2, 0.25) is 0 Å². The number of alkyl halides is 1. The first-order valence-electron chi connectivity index (χ1n) is 3.89. The Morgan fingerprint density at radius 2 is 2.55 bits per heavy atom. The first-order chi connectivity index (χ1) is 5.43. The number of halogens is 1. The maximum Gasteiger partial charge on any atom is 0.170 e. The first-order valence-corrected chi connectivity index (χ1v) is 5.34. The largest absolute Gasteiger partial charge is 0.352 e. The van der Waals surface area contributed by atoms with Crippen molar-refractivity contribution in [3.05, 3.63) is 0 Å². The van der Waals surface area contributed by atoms with E-state index in [4.69, 9.17) is 20.5 Å². The highest BCUT2D eigenvalue weighted by molar-refractivity contribution is 7.94. The van der Waals surface area contributed by atoms with Crippen LogP contribution in [0.1, 0.15) is 19.3 Å². The zero-order chi connectivity index (χ0) is 7.94. The van der Waals surface area contributed by atoms with Gasteiger partial charge in [-0.3, -0.25) is 4.18 Å². The minimum Gasteiger partial charge on any atom is -0.352 e. The molecule has 0 bridgehead atoms. The normalized spacial score (nSPS) is 25.4. The van der Waals surface area contributed by atoms with Crippen LogP contribution in [0.3, 0.4) is 0 Å². The zero-order valence-electron chi connectivity index (χ0n) is 6.42. The van der Waals surface area contributed by atoms with E-state index in [-0.39, 0.29) is 6.29 Å². The topological polar surface area (TPSA) is 18.5 Å². The third kappa shape index (κ3) is 4.21. The molecule has 0 aromatic carbocycles. The lowest BCUT2D eigenvalue weighted by Crippen LogP contribution is -2.18. The zero-order valence-corrected chi connectivity index (χ0v) is 8.00. The van der Waals surface area contributed by atoms with Crippen LogP contribution in [-0.2, 0) is 8.92 Å². The van der Waals surface area contributed by atoms with Gasteiger partial charge in [0.05, 0.1) is 6.61 Å². The molecule has 1 rings (SSSR count). The minimum absolute atomic E-state index is 0.0111. The molecule has 0 spiro atoms. The van der Waals surface area contributed by atoms with Crippen LogP contribution in [-0.4, -0.2) is 24.5 Å². The van der Waals surface area contributed by atoms with Crippen molar-refractivity contribution in [2.45, 2.75) is 25.6 Å². The maximum atomic E-state index is 5.49. The average molecular weight is 197 g/mol. The van der Waals surface area contributed by atoms with Gasteiger partial charge in [-0.2, -0.15) is 0 Å². The van der Waals surface area contributed by atoms with Crippen molar-refractivity contribution in [3.8, 4) is 0 Å². The molecule has 0 aromatic heterocycles. The number of ether oxygens (including phenoxy) is 1. The molecule has 1 saturated heterocycles. The van der Waals surface area contributed by atoms with Crippen molar-refractivity contribution in [2.75, 3.05) is 18.2 Å². The third-order valence-electron chi connectivity index (χ3n) is 1.42. The van der Waals surface area contributed by atoms with Crippen LogP contribution in [0.5, 0.6) is 0 Å². The van der Waals surface area contributed by atoms with E-state index >= 15 is 0 Å². The molecule has 2 nitrogen and oxygen atoms in total. The fourth-order valence-corrected chi connectivity index (χ4v) is 1.65. The van der Waals surface area contributed by atoms with Crippen LogP contribution in [0.15, 0.2) is 0 Å². The van der Waals surface area contributed by atoms with Crippen molar-refractivity contribution in [2.24, 2.45) is 0 Å². The van der Waals surface area contributed by atoms with Crippen LogP contribution in [0.25, 0.3) is 0 Å². The molecule has 1 fully saturated rings. The van der Waals surface area contributed by atoms with E-state index in [1.807, 2.05) is 0 Å². The van der Waals surface area contributed by atoms with Crippen LogP contribution in [0, 0.1) is 0 Å². The maximum absolute atomic E-state index is 5.49. The van der Waals surface area contributed by atoms with Crippen molar-refractivity contribution >= 4 is 23.6 Å². The molecule has 1 heterocycles. The molecule has 11 heavy (non-hydrogen) atoms. The Morgan fingerprint density at radius 3 is 3.18 bits per heavy atom. The van der Waals surface area contributed by atoms with Crippen molar-refractivity contribution in [1.82, 2.24) is 0 Å². The van der Waals surface area contributed by atoms with Gasteiger partial charge in [-0.15, -0.1) is 11.6 Å². The van der Waals surface area contributed by atoms with E-state index in [9.17, 15) is 0 Å². The SMILES string of the molecule is ClCCCOC1CCCSO1. The van der Waals surface area contributed by atoms with Crippen molar-refractivity contribution < 1.29 is 8.92 Å². The van der Waals surface area contributed by atoms with Gasteiger partial charge in [0.25, 0.3) is 0 Å². The second-order valence-electron chi connectivity index (χ2n) is 2.40. The fraction of sp³-hybridized carbons (Fsp3) is 1.00. The highest BCUT2D eigenvalue weighted by Gasteiger charge is 2.14. The van der Waals surface area contributed by atoms with Crippen LogP contribution < -0.4 is 0 Å². The molecule has 0 radical (unpaired) electrons. The Labute approximate surface area is 76.8 Å². The highest BCUT2D eigenvalue weighted by atomic mass is 35.5. The van der Waals surface area contributed by atoms with E-state index in [1.165, 1.54) is 18.5 Å². The predicted molar refractivity (Wildman–Crippen MR) is 47.9 cm³/mol. The molecule has 0 aliphatic carbocycles. The molecule has 4 heteroatoms. The highest BCUT2D eigenvalue weighted by Crippen LogP contribution is 2.21. The van der Waals surface area contributed by atoms with Crippen molar-refractivity contribution in [3.63, 3.8) is 0 Å². The summed E-state index contributed by atoms with van der Waals surface area (Å²) in [6.07, 6.45) is 3.13. The van der Waals surface area contributed by atoms with Gasteiger partial charge < -0.3 is 4.74 Å². The van der Waals surface area contributed by atoms with E-state index in [0.717, 1.165) is 18.6 Å². The molecule has 1 aliphatic rings. The van der Waals surface area contributed by atoms with Crippen molar-refractivity contribution in [1.29, 1.82) is 0 Å². The molecule has 1 atom stereocenters. The molecule has 0 saturated carbocycles. The lowest BCUT2D eigenvalue weighted by Gasteiger charge is -2.20. The number of hydrogen-bond donors (Lipinski definition) is 0. The molecular weight excluding hydrogens is 184 g/mol. The Bertz CT molecular complexity index is 96.4. The molecule has 1 unspecified atom stereocenters. The molecule has 0 aromatic rings. The quantitative estimate of drug-likeness (QED) is 0.391. The summed E-state index contributed by atoms with van der Waals surface area (Å²) >= 11 is 7.00. The molecular formula is C7H13ClO2S. The predicted octanol–water partition coefficient (Wildman–Crippen LogP) is 2.42. The molecule has 66 valence electrons. The summed E-state index contributed by atoms with van der Waals surface area (Å²) in [7, 11) is 0. The van der Waals surface area contributed by atoms with Gasteiger partial charge in [0, 0.05) is 18.1 Å². The molecule has 1 aliphatic heterocycles. The van der Waals surface area contributed by atoms with Gasteiger partial charge in [-0.25, -0.2) is 0 Å². The van der Waals surface area contributed by atoms with E-state index in [2.05, 4.69) is 0 Å². The van der Waals surface area contributed by atoms with E-state index in [1.54, 1.807) is 0 Å². The Hall–Kier alpha value is 0.560. The van der Waals surface area contributed by atoms with Crippen LogP contribution >= 0.6 is 23.6 Å². The van der Waals surface area contributed by atoms with Gasteiger partial charge in [-0.05, 0) is 24.9 Å². The molecule has 0 N–H and O–H groups in total. The second-order valence-corrected chi connectivity index (χ2v) is 3.62. The second kappa shape index (κ2) is 6.12. The smallest absolute Gasteiger partial charge is 0.170 e. The Morgan fingerprint density at radius 1 is 1.64 bits per heavy atom. The lowest BCUT2D eigenvalue weighted by atomic mass is 10.3. The Balaban J connectivity index is 1.96. The fourth-order valence-electron chi connectivity index (χ4n) is 0.861. The lowest BCUT2D eigenvalue weighted by molar-refractivity contribution is -0.0777. The average Bonchev–Trinajstić information content (AvgIpc) is 2.07.